The molecule has 0 radical (unpaired) electrons. The molecule has 0 bridgehead atoms. The summed E-state index contributed by atoms with van der Waals surface area (Å²) in [4.78, 5) is 32.0. The quantitative estimate of drug-likeness (QED) is 0.742. The fourth-order valence-corrected chi connectivity index (χ4v) is 1.30. The Morgan fingerprint density at radius 3 is 2.56 bits per heavy atom. The van der Waals surface area contributed by atoms with Crippen molar-refractivity contribution in [2.75, 3.05) is 6.61 Å². The standard InChI is InChI=1S/C10H9ClN2O5/c11-6-3-5(9(15)16)1-2-7(6)18-4-8(14)13-10(12)17/h1-3H,4H2,(H,15,16)(H3,12,13,14,17). The van der Waals surface area contributed by atoms with Crippen LogP contribution in [0.1, 0.15) is 10.4 Å². The largest absolute Gasteiger partial charge is 0.482 e. The van der Waals surface area contributed by atoms with Gasteiger partial charge in [0.15, 0.2) is 6.61 Å². The van der Waals surface area contributed by atoms with Crippen LogP contribution in [-0.4, -0.2) is 29.6 Å². The van der Waals surface area contributed by atoms with Crippen molar-refractivity contribution in [3.63, 3.8) is 0 Å². The van der Waals surface area contributed by atoms with Crippen molar-refractivity contribution >= 4 is 29.5 Å². The van der Waals surface area contributed by atoms with Gasteiger partial charge in [0.2, 0.25) is 0 Å². The minimum Gasteiger partial charge on any atom is -0.482 e. The zero-order valence-corrected chi connectivity index (χ0v) is 9.73. The van der Waals surface area contributed by atoms with E-state index in [1.54, 1.807) is 5.32 Å². The Labute approximate surface area is 106 Å². The van der Waals surface area contributed by atoms with Gasteiger partial charge in [0.05, 0.1) is 10.6 Å². The number of imide groups is 1. The van der Waals surface area contributed by atoms with Gasteiger partial charge in [-0.05, 0) is 18.2 Å². The number of rotatable bonds is 4. The molecule has 0 spiro atoms. The number of hydrogen-bond donors (Lipinski definition) is 3. The van der Waals surface area contributed by atoms with E-state index in [9.17, 15) is 14.4 Å². The van der Waals surface area contributed by atoms with Crippen molar-refractivity contribution in [1.29, 1.82) is 0 Å². The molecule has 7 nitrogen and oxygen atoms in total. The molecule has 0 heterocycles. The highest BCUT2D eigenvalue weighted by Gasteiger charge is 2.10. The smallest absolute Gasteiger partial charge is 0.335 e. The van der Waals surface area contributed by atoms with E-state index in [1.807, 2.05) is 0 Å². The maximum Gasteiger partial charge on any atom is 0.335 e. The van der Waals surface area contributed by atoms with Crippen molar-refractivity contribution in [2.24, 2.45) is 5.73 Å². The molecule has 1 rings (SSSR count). The lowest BCUT2D eigenvalue weighted by atomic mass is 10.2. The summed E-state index contributed by atoms with van der Waals surface area (Å²) in [7, 11) is 0. The van der Waals surface area contributed by atoms with Gasteiger partial charge in [0, 0.05) is 0 Å². The number of carboxylic acid groups (broad SMARTS) is 1. The van der Waals surface area contributed by atoms with Gasteiger partial charge in [-0.1, -0.05) is 11.6 Å². The van der Waals surface area contributed by atoms with Gasteiger partial charge < -0.3 is 15.6 Å². The van der Waals surface area contributed by atoms with Gasteiger partial charge in [0.1, 0.15) is 5.75 Å². The first-order valence-electron chi connectivity index (χ1n) is 4.65. The molecular formula is C10H9ClN2O5. The van der Waals surface area contributed by atoms with Crippen LogP contribution < -0.4 is 15.8 Å². The molecule has 0 aliphatic carbocycles. The fraction of sp³-hybridized carbons (Fsp3) is 0.100. The number of nitrogens with two attached hydrogens (primary N) is 1. The number of nitrogens with one attached hydrogen (secondary N) is 1. The summed E-state index contributed by atoms with van der Waals surface area (Å²) in [5, 5.41) is 10.5. The molecule has 4 N–H and O–H groups in total. The van der Waals surface area contributed by atoms with E-state index >= 15 is 0 Å². The molecule has 0 saturated carbocycles. The minimum absolute atomic E-state index is 0.00561. The van der Waals surface area contributed by atoms with E-state index in [0.717, 1.165) is 0 Å². The lowest BCUT2D eigenvalue weighted by molar-refractivity contribution is -0.121. The first-order chi connectivity index (χ1) is 8.40. The van der Waals surface area contributed by atoms with Gasteiger partial charge in [-0.2, -0.15) is 0 Å². The monoisotopic (exact) mass is 272 g/mol. The number of carbonyl (C=O) groups excluding carboxylic acids is 2. The molecule has 96 valence electrons. The van der Waals surface area contributed by atoms with Crippen molar-refractivity contribution in [3.8, 4) is 5.75 Å². The van der Waals surface area contributed by atoms with Crippen LogP contribution in [0.3, 0.4) is 0 Å². The number of urea groups is 1. The molecule has 0 aromatic heterocycles. The molecule has 0 fully saturated rings. The summed E-state index contributed by atoms with van der Waals surface area (Å²) >= 11 is 5.75. The van der Waals surface area contributed by atoms with Crippen molar-refractivity contribution < 1.29 is 24.2 Å². The third kappa shape index (κ3) is 3.95. The number of aromatic carboxylic acids is 1. The summed E-state index contributed by atoms with van der Waals surface area (Å²) in [5.41, 5.74) is 4.72. The molecule has 1 aromatic carbocycles. The Kier molecular flexibility index (Phi) is 4.50. The van der Waals surface area contributed by atoms with E-state index in [4.69, 9.17) is 27.2 Å². The number of halogens is 1. The van der Waals surface area contributed by atoms with Crippen LogP contribution in [0.2, 0.25) is 5.02 Å². The maximum atomic E-state index is 11.0. The van der Waals surface area contributed by atoms with E-state index in [-0.39, 0.29) is 16.3 Å². The molecule has 0 aliphatic rings. The van der Waals surface area contributed by atoms with Gasteiger partial charge in [-0.15, -0.1) is 0 Å². The molecule has 3 amide bonds. The van der Waals surface area contributed by atoms with Crippen LogP contribution in [0.5, 0.6) is 5.75 Å². The van der Waals surface area contributed by atoms with Gasteiger partial charge in [-0.3, -0.25) is 10.1 Å². The Morgan fingerprint density at radius 2 is 2.06 bits per heavy atom. The van der Waals surface area contributed by atoms with Crippen LogP contribution in [0.4, 0.5) is 4.79 Å². The number of hydrogen-bond acceptors (Lipinski definition) is 4. The van der Waals surface area contributed by atoms with Gasteiger partial charge in [0.25, 0.3) is 5.91 Å². The van der Waals surface area contributed by atoms with E-state index in [2.05, 4.69) is 0 Å². The number of primary amides is 1. The Balaban J connectivity index is 2.66. The minimum atomic E-state index is -1.13. The molecule has 8 heteroatoms. The molecule has 18 heavy (non-hydrogen) atoms. The first kappa shape index (κ1) is 13.8. The SMILES string of the molecule is NC(=O)NC(=O)COc1ccc(C(=O)O)cc1Cl. The summed E-state index contributed by atoms with van der Waals surface area (Å²) in [6.45, 7) is -0.463. The second kappa shape index (κ2) is 5.87. The lowest BCUT2D eigenvalue weighted by Crippen LogP contribution is -2.38. The third-order valence-electron chi connectivity index (χ3n) is 1.80. The van der Waals surface area contributed by atoms with E-state index in [1.165, 1.54) is 18.2 Å². The highest BCUT2D eigenvalue weighted by molar-refractivity contribution is 6.32. The number of benzene rings is 1. The van der Waals surface area contributed by atoms with Gasteiger partial charge >= 0.3 is 12.0 Å². The van der Waals surface area contributed by atoms with Crippen LogP contribution >= 0.6 is 11.6 Å². The summed E-state index contributed by atoms with van der Waals surface area (Å²) < 4.78 is 4.99. The number of ether oxygens (including phenoxy) is 1. The summed E-state index contributed by atoms with van der Waals surface area (Å²) in [6.07, 6.45) is 0. The second-order valence-corrected chi connectivity index (χ2v) is 3.56. The first-order valence-corrected chi connectivity index (χ1v) is 5.03. The highest BCUT2D eigenvalue weighted by Crippen LogP contribution is 2.25. The average molecular weight is 273 g/mol. The third-order valence-corrected chi connectivity index (χ3v) is 2.10. The summed E-state index contributed by atoms with van der Waals surface area (Å²) in [6, 6.07) is 2.78. The number of carbonyl (C=O) groups is 3. The Morgan fingerprint density at radius 1 is 1.39 bits per heavy atom. The topological polar surface area (TPSA) is 119 Å². The lowest BCUT2D eigenvalue weighted by Gasteiger charge is -2.07. The number of amides is 3. The zero-order valence-electron chi connectivity index (χ0n) is 8.97. The van der Waals surface area contributed by atoms with Crippen molar-refractivity contribution in [2.45, 2.75) is 0 Å². The number of carboxylic acids is 1. The van der Waals surface area contributed by atoms with E-state index in [0.29, 0.717) is 0 Å². The predicted molar refractivity (Wildman–Crippen MR) is 61.6 cm³/mol. The van der Waals surface area contributed by atoms with E-state index < -0.39 is 24.5 Å². The van der Waals surface area contributed by atoms with Crippen molar-refractivity contribution in [3.05, 3.63) is 28.8 Å². The normalized spacial score (nSPS) is 9.61. The molecule has 0 saturated heterocycles. The molecular weight excluding hydrogens is 264 g/mol. The highest BCUT2D eigenvalue weighted by atomic mass is 35.5. The average Bonchev–Trinajstić information content (AvgIpc) is 2.26. The molecule has 0 unspecified atom stereocenters. The Bertz CT molecular complexity index is 503. The van der Waals surface area contributed by atoms with Crippen LogP contribution in [-0.2, 0) is 4.79 Å². The van der Waals surface area contributed by atoms with Crippen LogP contribution in [0, 0.1) is 0 Å². The van der Waals surface area contributed by atoms with Crippen LogP contribution in [0.25, 0.3) is 0 Å². The molecule has 0 aliphatic heterocycles. The Hall–Kier alpha value is -2.28. The fourth-order valence-electron chi connectivity index (χ4n) is 1.07. The molecule has 0 atom stereocenters. The van der Waals surface area contributed by atoms with Crippen molar-refractivity contribution in [1.82, 2.24) is 5.32 Å². The zero-order chi connectivity index (χ0) is 13.7. The predicted octanol–water partition coefficient (Wildman–Crippen LogP) is 0.612. The van der Waals surface area contributed by atoms with Gasteiger partial charge in [-0.25, -0.2) is 9.59 Å². The summed E-state index contributed by atoms with van der Waals surface area (Å²) in [5.74, 6) is -1.74. The molecule has 1 aromatic rings. The second-order valence-electron chi connectivity index (χ2n) is 3.15. The van der Waals surface area contributed by atoms with Crippen LogP contribution in [0.15, 0.2) is 18.2 Å². The maximum absolute atomic E-state index is 11.0.